The number of amides is 1. The van der Waals surface area contributed by atoms with Crippen molar-refractivity contribution in [2.45, 2.75) is 13.5 Å². The van der Waals surface area contributed by atoms with Gasteiger partial charge in [-0.05, 0) is 18.2 Å². The number of hydrogen-bond donors (Lipinski definition) is 2. The van der Waals surface area contributed by atoms with Crippen molar-refractivity contribution < 1.29 is 4.79 Å². The lowest BCUT2D eigenvalue weighted by molar-refractivity contribution is -0.119. The quantitative estimate of drug-likeness (QED) is 0.693. The lowest BCUT2D eigenvalue weighted by Gasteiger charge is -2.19. The van der Waals surface area contributed by atoms with Gasteiger partial charge in [0, 0.05) is 12.2 Å². The van der Waals surface area contributed by atoms with E-state index < -0.39 is 0 Å². The van der Waals surface area contributed by atoms with Gasteiger partial charge < -0.3 is 11.5 Å². The minimum Gasteiger partial charge on any atom is -0.398 e. The van der Waals surface area contributed by atoms with Crippen molar-refractivity contribution in [1.82, 2.24) is 4.90 Å². The molecule has 4 N–H and O–H groups in total. The molecule has 1 aromatic carbocycles. The van der Waals surface area contributed by atoms with Crippen molar-refractivity contribution in [2.24, 2.45) is 5.73 Å². The summed E-state index contributed by atoms with van der Waals surface area (Å²) in [4.78, 5) is 12.7. The highest BCUT2D eigenvalue weighted by Crippen LogP contribution is 2.12. The van der Waals surface area contributed by atoms with E-state index in [1.165, 1.54) is 0 Å². The summed E-state index contributed by atoms with van der Waals surface area (Å²) >= 11 is 0. The van der Waals surface area contributed by atoms with Crippen LogP contribution in [0.25, 0.3) is 0 Å². The molecule has 15 heavy (non-hydrogen) atoms. The van der Waals surface area contributed by atoms with Crippen molar-refractivity contribution >= 4 is 11.6 Å². The highest BCUT2D eigenvalue weighted by molar-refractivity contribution is 5.75. The van der Waals surface area contributed by atoms with Crippen LogP contribution in [-0.4, -0.2) is 23.9 Å². The number of para-hydroxylation sites is 1. The van der Waals surface area contributed by atoms with Crippen LogP contribution in [-0.2, 0) is 11.3 Å². The fourth-order valence-corrected chi connectivity index (χ4v) is 1.42. The Morgan fingerprint density at radius 3 is 2.60 bits per heavy atom. The Morgan fingerprint density at radius 2 is 2.07 bits per heavy atom. The molecule has 0 radical (unpaired) electrons. The van der Waals surface area contributed by atoms with Gasteiger partial charge in [0.2, 0.25) is 5.91 Å². The molecule has 0 aromatic heterocycles. The van der Waals surface area contributed by atoms with E-state index in [0.29, 0.717) is 6.54 Å². The van der Waals surface area contributed by atoms with E-state index in [1.54, 1.807) is 0 Å². The molecule has 0 bridgehead atoms. The molecule has 4 nitrogen and oxygen atoms in total. The summed E-state index contributed by atoms with van der Waals surface area (Å²) in [5.74, 6) is -0.314. The zero-order chi connectivity index (χ0) is 11.3. The minimum atomic E-state index is -0.314. The first-order valence-corrected chi connectivity index (χ1v) is 4.97. The molecule has 82 valence electrons. The topological polar surface area (TPSA) is 72.3 Å². The summed E-state index contributed by atoms with van der Waals surface area (Å²) in [6.45, 7) is 3.69. The van der Waals surface area contributed by atoms with Crippen LogP contribution in [0.15, 0.2) is 24.3 Å². The van der Waals surface area contributed by atoms with E-state index >= 15 is 0 Å². The van der Waals surface area contributed by atoms with Gasteiger partial charge in [-0.25, -0.2) is 0 Å². The minimum absolute atomic E-state index is 0.269. The predicted octanol–water partition coefficient (Wildman–Crippen LogP) is 0.576. The molecule has 0 spiro atoms. The highest BCUT2D eigenvalue weighted by atomic mass is 16.1. The van der Waals surface area contributed by atoms with Crippen LogP contribution < -0.4 is 11.5 Å². The Bertz CT molecular complexity index is 338. The maximum absolute atomic E-state index is 10.8. The number of carbonyl (C=O) groups excluding carboxylic acids is 1. The summed E-state index contributed by atoms with van der Waals surface area (Å²) in [5, 5.41) is 0. The Kier molecular flexibility index (Phi) is 4.12. The zero-order valence-electron chi connectivity index (χ0n) is 8.94. The monoisotopic (exact) mass is 207 g/mol. The molecule has 0 aliphatic rings. The van der Waals surface area contributed by atoms with E-state index in [-0.39, 0.29) is 12.5 Å². The van der Waals surface area contributed by atoms with Gasteiger partial charge in [-0.1, -0.05) is 25.1 Å². The van der Waals surface area contributed by atoms with Gasteiger partial charge >= 0.3 is 0 Å². The number of primary amides is 1. The predicted molar refractivity (Wildman–Crippen MR) is 61.0 cm³/mol. The molecule has 1 rings (SSSR count). The lowest BCUT2D eigenvalue weighted by atomic mass is 10.1. The van der Waals surface area contributed by atoms with Crippen LogP contribution in [0, 0.1) is 0 Å². The summed E-state index contributed by atoms with van der Waals surface area (Å²) < 4.78 is 0. The molecule has 0 aliphatic heterocycles. The molecule has 0 saturated heterocycles. The largest absolute Gasteiger partial charge is 0.398 e. The standard InChI is InChI=1S/C11H17N3O/c1-2-14(8-11(13)15)7-9-5-3-4-6-10(9)12/h3-6H,2,7-8,12H2,1H3,(H2,13,15). The number of nitrogens with two attached hydrogens (primary N) is 2. The molecule has 0 atom stereocenters. The van der Waals surface area contributed by atoms with Crippen LogP contribution in [0.4, 0.5) is 5.69 Å². The van der Waals surface area contributed by atoms with Crippen molar-refractivity contribution in [3.8, 4) is 0 Å². The van der Waals surface area contributed by atoms with Gasteiger partial charge in [-0.3, -0.25) is 9.69 Å². The van der Waals surface area contributed by atoms with Gasteiger partial charge in [0.05, 0.1) is 6.54 Å². The number of benzene rings is 1. The molecule has 1 amide bonds. The third kappa shape index (κ3) is 3.59. The van der Waals surface area contributed by atoms with Crippen molar-refractivity contribution in [3.63, 3.8) is 0 Å². The third-order valence-electron chi connectivity index (χ3n) is 2.28. The molecule has 0 saturated carbocycles. The van der Waals surface area contributed by atoms with Crippen molar-refractivity contribution in [1.29, 1.82) is 0 Å². The maximum atomic E-state index is 10.8. The van der Waals surface area contributed by atoms with E-state index in [9.17, 15) is 4.79 Å². The Labute approximate surface area is 89.9 Å². The van der Waals surface area contributed by atoms with Gasteiger partial charge in [-0.15, -0.1) is 0 Å². The van der Waals surface area contributed by atoms with Gasteiger partial charge in [-0.2, -0.15) is 0 Å². The molecule has 0 heterocycles. The summed E-state index contributed by atoms with van der Waals surface area (Å²) in [6, 6.07) is 7.64. The SMILES string of the molecule is CCN(CC(N)=O)Cc1ccccc1N. The van der Waals surface area contributed by atoms with Gasteiger partial charge in [0.15, 0.2) is 0 Å². The van der Waals surface area contributed by atoms with Gasteiger partial charge in [0.1, 0.15) is 0 Å². The first-order chi connectivity index (χ1) is 7.13. The molecular weight excluding hydrogens is 190 g/mol. The average molecular weight is 207 g/mol. The van der Waals surface area contributed by atoms with Gasteiger partial charge in [0.25, 0.3) is 0 Å². The first kappa shape index (κ1) is 11.5. The number of rotatable bonds is 5. The number of nitrogen functional groups attached to an aromatic ring is 1. The highest BCUT2D eigenvalue weighted by Gasteiger charge is 2.08. The summed E-state index contributed by atoms with van der Waals surface area (Å²) in [5.41, 5.74) is 12.7. The molecule has 0 unspecified atom stereocenters. The molecule has 1 aromatic rings. The Morgan fingerprint density at radius 1 is 1.40 bits per heavy atom. The number of carbonyl (C=O) groups is 1. The van der Waals surface area contributed by atoms with Crippen LogP contribution in [0.2, 0.25) is 0 Å². The first-order valence-electron chi connectivity index (χ1n) is 4.97. The summed E-state index contributed by atoms with van der Waals surface area (Å²) in [6.07, 6.45) is 0. The fourth-order valence-electron chi connectivity index (χ4n) is 1.42. The van der Waals surface area contributed by atoms with Crippen molar-refractivity contribution in [2.75, 3.05) is 18.8 Å². The number of hydrogen-bond acceptors (Lipinski definition) is 3. The second kappa shape index (κ2) is 5.36. The van der Waals surface area contributed by atoms with Crippen LogP contribution in [0.1, 0.15) is 12.5 Å². The average Bonchev–Trinajstić information content (AvgIpc) is 2.19. The maximum Gasteiger partial charge on any atom is 0.231 e. The Hall–Kier alpha value is -1.55. The fraction of sp³-hybridized carbons (Fsp3) is 0.364. The normalized spacial score (nSPS) is 10.5. The van der Waals surface area contributed by atoms with E-state index in [1.807, 2.05) is 36.1 Å². The molecule has 0 aliphatic carbocycles. The zero-order valence-corrected chi connectivity index (χ0v) is 8.94. The third-order valence-corrected chi connectivity index (χ3v) is 2.28. The second-order valence-electron chi connectivity index (χ2n) is 3.47. The number of likely N-dealkylation sites (N-methyl/N-ethyl adjacent to an activating group) is 1. The van der Waals surface area contributed by atoms with E-state index in [0.717, 1.165) is 17.8 Å². The summed E-state index contributed by atoms with van der Waals surface area (Å²) in [7, 11) is 0. The van der Waals surface area contributed by atoms with Crippen LogP contribution in [0.5, 0.6) is 0 Å². The smallest absolute Gasteiger partial charge is 0.231 e. The lowest BCUT2D eigenvalue weighted by Crippen LogP contribution is -2.33. The molecular formula is C11H17N3O. The van der Waals surface area contributed by atoms with Crippen molar-refractivity contribution in [3.05, 3.63) is 29.8 Å². The number of nitrogens with zero attached hydrogens (tertiary/aromatic N) is 1. The second-order valence-corrected chi connectivity index (χ2v) is 3.47. The molecule has 0 fully saturated rings. The van der Waals surface area contributed by atoms with E-state index in [2.05, 4.69) is 0 Å². The van der Waals surface area contributed by atoms with E-state index in [4.69, 9.17) is 11.5 Å². The van der Waals surface area contributed by atoms with Crippen LogP contribution in [0.3, 0.4) is 0 Å². The Balaban J connectivity index is 2.66. The molecule has 4 heteroatoms. The van der Waals surface area contributed by atoms with Crippen LogP contribution >= 0.6 is 0 Å². The number of anilines is 1.